The Morgan fingerprint density at radius 2 is 2.09 bits per heavy atom. The number of hydrogen-bond acceptors (Lipinski definition) is 6. The maximum absolute atomic E-state index is 13.2. The smallest absolute Gasteiger partial charge is 0.263 e. The number of benzene rings is 1. The Morgan fingerprint density at radius 1 is 1.25 bits per heavy atom. The molecule has 0 atom stereocenters. The van der Waals surface area contributed by atoms with Crippen LogP contribution in [0.4, 0.5) is 5.69 Å². The van der Waals surface area contributed by atoms with E-state index in [4.69, 9.17) is 6.42 Å². The van der Waals surface area contributed by atoms with Crippen LogP contribution in [0.15, 0.2) is 58.3 Å². The predicted octanol–water partition coefficient (Wildman–Crippen LogP) is 2.95. The molecule has 4 aromatic rings. The molecule has 0 aliphatic carbocycles. The summed E-state index contributed by atoms with van der Waals surface area (Å²) in [5.74, 6) is 1.75. The van der Waals surface area contributed by atoms with E-state index in [2.05, 4.69) is 16.2 Å². The summed E-state index contributed by atoms with van der Waals surface area (Å²) in [7, 11) is 1.49. The molecule has 4 rings (SSSR count). The number of likely N-dealkylation sites (N-methyl/N-ethyl adjacent to an activating group) is 1. The van der Waals surface area contributed by atoms with Crippen molar-refractivity contribution in [3.8, 4) is 22.8 Å². The van der Waals surface area contributed by atoms with Crippen molar-refractivity contribution in [3.63, 3.8) is 0 Å². The van der Waals surface area contributed by atoms with E-state index in [1.807, 2.05) is 22.9 Å². The van der Waals surface area contributed by atoms with Crippen LogP contribution in [0.3, 0.4) is 0 Å². The van der Waals surface area contributed by atoms with Gasteiger partial charge in [-0.2, -0.15) is 0 Å². The largest absolute Gasteiger partial charge is 0.358 e. The molecule has 32 heavy (non-hydrogen) atoms. The number of aromatic nitrogens is 2. The van der Waals surface area contributed by atoms with Gasteiger partial charge >= 0.3 is 0 Å². The van der Waals surface area contributed by atoms with Crippen molar-refractivity contribution < 1.29 is 9.59 Å². The fourth-order valence-corrected chi connectivity index (χ4v) is 4.95. The second kappa shape index (κ2) is 9.18. The first-order valence-electron chi connectivity index (χ1n) is 9.60. The van der Waals surface area contributed by atoms with Crippen LogP contribution in [0.5, 0.6) is 0 Å². The second-order valence-electron chi connectivity index (χ2n) is 6.83. The third kappa shape index (κ3) is 4.19. The summed E-state index contributed by atoms with van der Waals surface area (Å²) in [6, 6.07) is 10.7. The first-order chi connectivity index (χ1) is 15.5. The molecule has 0 radical (unpaired) electrons. The Labute approximate surface area is 192 Å². The fourth-order valence-electron chi connectivity index (χ4n) is 3.23. The van der Waals surface area contributed by atoms with Gasteiger partial charge < -0.3 is 10.2 Å². The Bertz CT molecular complexity index is 1400. The summed E-state index contributed by atoms with van der Waals surface area (Å²) in [6.45, 7) is -0.467. The van der Waals surface area contributed by atoms with Crippen LogP contribution in [-0.2, 0) is 16.1 Å². The molecule has 2 amide bonds. The van der Waals surface area contributed by atoms with E-state index in [1.165, 1.54) is 45.5 Å². The highest BCUT2D eigenvalue weighted by Gasteiger charge is 2.21. The minimum absolute atomic E-state index is 0.202. The van der Waals surface area contributed by atoms with E-state index in [0.29, 0.717) is 21.5 Å². The highest BCUT2D eigenvalue weighted by molar-refractivity contribution is 7.18. The van der Waals surface area contributed by atoms with Crippen molar-refractivity contribution >= 4 is 50.4 Å². The summed E-state index contributed by atoms with van der Waals surface area (Å²) in [5.41, 5.74) is 1.57. The molecule has 160 valence electrons. The number of carbonyl (C=O) groups is 2. The van der Waals surface area contributed by atoms with Crippen LogP contribution in [0, 0.1) is 12.3 Å². The zero-order valence-corrected chi connectivity index (χ0v) is 18.7. The quantitative estimate of drug-likeness (QED) is 0.447. The number of hydrogen-bond donors (Lipinski definition) is 1. The molecule has 3 aromatic heterocycles. The van der Waals surface area contributed by atoms with Gasteiger partial charge in [-0.05, 0) is 29.6 Å². The molecule has 0 aliphatic rings. The molecule has 0 bridgehead atoms. The van der Waals surface area contributed by atoms with E-state index >= 15 is 0 Å². The van der Waals surface area contributed by atoms with Gasteiger partial charge in [-0.15, -0.1) is 29.1 Å². The van der Waals surface area contributed by atoms with Crippen molar-refractivity contribution in [1.29, 1.82) is 0 Å². The second-order valence-corrected chi connectivity index (χ2v) is 8.64. The summed E-state index contributed by atoms with van der Waals surface area (Å²) in [4.78, 5) is 45.8. The van der Waals surface area contributed by atoms with Gasteiger partial charge in [0.25, 0.3) is 5.56 Å². The van der Waals surface area contributed by atoms with Crippen molar-refractivity contribution in [2.75, 3.05) is 18.5 Å². The normalized spacial score (nSPS) is 10.6. The van der Waals surface area contributed by atoms with Crippen molar-refractivity contribution in [3.05, 3.63) is 69.4 Å². The van der Waals surface area contributed by atoms with Gasteiger partial charge in [0, 0.05) is 34.1 Å². The SMILES string of the molecule is C#Cc1cccc(N(CC(=O)NC)C(=O)Cn2cnc3scc(-c4cccs4)c3c2=O)c1. The van der Waals surface area contributed by atoms with E-state index in [0.717, 1.165) is 10.4 Å². The number of terminal acetylenes is 1. The Balaban J connectivity index is 1.71. The summed E-state index contributed by atoms with van der Waals surface area (Å²) in [6.07, 6.45) is 6.85. The van der Waals surface area contributed by atoms with E-state index in [9.17, 15) is 14.4 Å². The number of anilines is 1. The monoisotopic (exact) mass is 462 g/mol. The van der Waals surface area contributed by atoms with Gasteiger partial charge in [0.2, 0.25) is 11.8 Å². The fraction of sp³-hybridized carbons (Fsp3) is 0.130. The molecule has 9 heteroatoms. The highest BCUT2D eigenvalue weighted by atomic mass is 32.1. The Morgan fingerprint density at radius 3 is 2.81 bits per heavy atom. The number of nitrogens with one attached hydrogen (secondary N) is 1. The zero-order chi connectivity index (χ0) is 22.7. The minimum Gasteiger partial charge on any atom is -0.358 e. The molecule has 1 N–H and O–H groups in total. The number of fused-ring (bicyclic) bond motifs is 1. The lowest BCUT2D eigenvalue weighted by molar-refractivity contribution is -0.123. The van der Waals surface area contributed by atoms with Crippen LogP contribution in [0.1, 0.15) is 5.56 Å². The summed E-state index contributed by atoms with van der Waals surface area (Å²) in [5, 5.41) is 6.85. The number of amides is 2. The summed E-state index contributed by atoms with van der Waals surface area (Å²) < 4.78 is 1.27. The first-order valence-corrected chi connectivity index (χ1v) is 11.4. The molecule has 3 heterocycles. The van der Waals surface area contributed by atoms with Crippen LogP contribution >= 0.6 is 22.7 Å². The average Bonchev–Trinajstić information content (AvgIpc) is 3.49. The van der Waals surface area contributed by atoms with Crippen LogP contribution in [0.2, 0.25) is 0 Å². The lowest BCUT2D eigenvalue weighted by Crippen LogP contribution is -2.42. The standard InChI is InChI=1S/C23H18N4O3S2/c1-3-15-6-4-7-16(10-15)27(11-19(28)24-2)20(29)12-26-14-25-22-21(23(26)30)17(13-32-22)18-8-5-9-31-18/h1,4-10,13-14H,11-12H2,2H3,(H,24,28). The van der Waals surface area contributed by atoms with Crippen molar-refractivity contribution in [2.24, 2.45) is 0 Å². The van der Waals surface area contributed by atoms with Gasteiger partial charge in [-0.25, -0.2) is 4.98 Å². The lowest BCUT2D eigenvalue weighted by Gasteiger charge is -2.22. The minimum atomic E-state index is -0.432. The zero-order valence-electron chi connectivity index (χ0n) is 17.1. The number of nitrogens with zero attached hydrogens (tertiary/aromatic N) is 3. The molecule has 0 saturated carbocycles. The van der Waals surface area contributed by atoms with Gasteiger partial charge in [0.05, 0.1) is 11.7 Å². The molecule has 0 unspecified atom stereocenters. The molecule has 0 fully saturated rings. The van der Waals surface area contributed by atoms with Crippen molar-refractivity contribution in [2.45, 2.75) is 6.54 Å². The van der Waals surface area contributed by atoms with Crippen molar-refractivity contribution in [1.82, 2.24) is 14.9 Å². The molecular formula is C23H18N4O3S2. The van der Waals surface area contributed by atoms with Crippen LogP contribution in [-0.4, -0.2) is 35.0 Å². The maximum Gasteiger partial charge on any atom is 0.263 e. The van der Waals surface area contributed by atoms with Gasteiger partial charge in [-0.1, -0.05) is 18.1 Å². The third-order valence-electron chi connectivity index (χ3n) is 4.86. The predicted molar refractivity (Wildman–Crippen MR) is 128 cm³/mol. The molecule has 7 nitrogen and oxygen atoms in total. The topological polar surface area (TPSA) is 84.3 Å². The first kappa shape index (κ1) is 21.5. The Hall–Kier alpha value is -3.74. The molecular weight excluding hydrogens is 444 g/mol. The molecule has 0 spiro atoms. The average molecular weight is 463 g/mol. The van der Waals surface area contributed by atoms with Gasteiger partial charge in [-0.3, -0.25) is 19.0 Å². The number of carbonyl (C=O) groups excluding carboxylic acids is 2. The van der Waals surface area contributed by atoms with E-state index < -0.39 is 5.91 Å². The molecule has 0 saturated heterocycles. The van der Waals surface area contributed by atoms with Gasteiger partial charge in [0.1, 0.15) is 17.9 Å². The molecule has 1 aromatic carbocycles. The highest BCUT2D eigenvalue weighted by Crippen LogP contribution is 2.33. The lowest BCUT2D eigenvalue weighted by atomic mass is 10.2. The number of thiophene rings is 2. The van der Waals surface area contributed by atoms with Crippen LogP contribution < -0.4 is 15.8 Å². The molecule has 0 aliphatic heterocycles. The van der Waals surface area contributed by atoms with Gasteiger partial charge in [0.15, 0.2) is 0 Å². The van der Waals surface area contributed by atoms with E-state index in [1.54, 1.807) is 24.3 Å². The Kier molecular flexibility index (Phi) is 6.16. The third-order valence-corrected chi connectivity index (χ3v) is 6.65. The van der Waals surface area contributed by atoms with E-state index in [-0.39, 0.29) is 24.6 Å². The number of rotatable bonds is 6. The van der Waals surface area contributed by atoms with Crippen LogP contribution in [0.25, 0.3) is 20.7 Å². The summed E-state index contributed by atoms with van der Waals surface area (Å²) >= 11 is 2.92. The maximum atomic E-state index is 13.2.